The lowest BCUT2D eigenvalue weighted by atomic mass is 9.97. The minimum absolute atomic E-state index is 0.00398. The molecule has 1 aromatic heterocycles. The molecule has 1 saturated heterocycles. The van der Waals surface area contributed by atoms with Gasteiger partial charge < -0.3 is 14.6 Å². The zero-order valence-electron chi connectivity index (χ0n) is 21.0. The van der Waals surface area contributed by atoms with E-state index in [-0.39, 0.29) is 17.9 Å². The summed E-state index contributed by atoms with van der Waals surface area (Å²) in [6.45, 7) is 9.00. The van der Waals surface area contributed by atoms with Crippen LogP contribution in [0.15, 0.2) is 53.1 Å². The Labute approximate surface area is 207 Å². The molecule has 0 radical (unpaired) electrons. The molecule has 0 saturated carbocycles. The Kier molecular flexibility index (Phi) is 8.53. The van der Waals surface area contributed by atoms with Crippen LogP contribution in [0.1, 0.15) is 50.1 Å². The molecule has 35 heavy (non-hydrogen) atoms. The number of carbonyl (C=O) groups is 1. The van der Waals surface area contributed by atoms with Crippen LogP contribution in [0.2, 0.25) is 0 Å². The van der Waals surface area contributed by atoms with E-state index in [0.29, 0.717) is 31.3 Å². The van der Waals surface area contributed by atoms with Gasteiger partial charge in [-0.25, -0.2) is 0 Å². The van der Waals surface area contributed by atoms with Gasteiger partial charge in [-0.05, 0) is 70.7 Å². The molecule has 0 aliphatic carbocycles. The number of piperidine rings is 1. The number of ether oxygens (including phenoxy) is 1. The predicted molar refractivity (Wildman–Crippen MR) is 136 cm³/mol. The van der Waals surface area contributed by atoms with Gasteiger partial charge in [0.25, 0.3) is 0 Å². The van der Waals surface area contributed by atoms with Crippen LogP contribution in [-0.2, 0) is 17.8 Å². The predicted octanol–water partition coefficient (Wildman–Crippen LogP) is 4.79. The molecule has 2 aromatic carbocycles. The van der Waals surface area contributed by atoms with Crippen molar-refractivity contribution in [3.05, 3.63) is 65.5 Å². The maximum atomic E-state index is 12.8. The van der Waals surface area contributed by atoms with Gasteiger partial charge in [-0.2, -0.15) is 4.98 Å². The van der Waals surface area contributed by atoms with Crippen molar-refractivity contribution in [2.24, 2.45) is 5.92 Å². The van der Waals surface area contributed by atoms with Crippen LogP contribution >= 0.6 is 0 Å². The lowest BCUT2D eigenvalue weighted by Crippen LogP contribution is -2.43. The summed E-state index contributed by atoms with van der Waals surface area (Å²) in [4.78, 5) is 19.6. The minimum Gasteiger partial charge on any atom is -0.491 e. The highest BCUT2D eigenvalue weighted by Crippen LogP contribution is 2.21. The summed E-state index contributed by atoms with van der Waals surface area (Å²) in [5, 5.41) is 7.26. The Balaban J connectivity index is 1.19. The van der Waals surface area contributed by atoms with E-state index in [4.69, 9.17) is 9.26 Å². The first-order valence-electron chi connectivity index (χ1n) is 12.6. The van der Waals surface area contributed by atoms with Crippen LogP contribution in [0.5, 0.6) is 5.75 Å². The first-order valence-corrected chi connectivity index (χ1v) is 12.6. The summed E-state index contributed by atoms with van der Waals surface area (Å²) in [5.74, 6) is 2.22. The maximum Gasteiger partial charge on any atom is 0.241 e. The monoisotopic (exact) mass is 476 g/mol. The topological polar surface area (TPSA) is 80.5 Å². The van der Waals surface area contributed by atoms with Crippen LogP contribution < -0.4 is 10.1 Å². The Hall–Kier alpha value is -3.19. The largest absolute Gasteiger partial charge is 0.491 e. The fraction of sp³-hybridized carbons (Fsp3) is 0.464. The minimum atomic E-state index is -0.00398. The maximum absolute atomic E-state index is 12.8. The van der Waals surface area contributed by atoms with E-state index in [0.717, 1.165) is 43.5 Å². The highest BCUT2D eigenvalue weighted by Gasteiger charge is 2.26. The summed E-state index contributed by atoms with van der Waals surface area (Å²) in [6, 6.07) is 16.3. The van der Waals surface area contributed by atoms with Crippen molar-refractivity contribution < 1.29 is 14.1 Å². The second-order valence-corrected chi connectivity index (χ2v) is 9.66. The number of likely N-dealkylation sites (tertiary alicyclic amines) is 1. The van der Waals surface area contributed by atoms with Gasteiger partial charge in [-0.3, -0.25) is 9.69 Å². The average molecular weight is 477 g/mol. The Bertz CT molecular complexity index is 1080. The lowest BCUT2D eigenvalue weighted by Gasteiger charge is -2.30. The highest BCUT2D eigenvalue weighted by atomic mass is 16.5. The van der Waals surface area contributed by atoms with Crippen molar-refractivity contribution in [1.29, 1.82) is 0 Å². The molecule has 1 unspecified atom stereocenters. The number of benzene rings is 2. The molecule has 1 aliphatic heterocycles. The first kappa shape index (κ1) is 24.9. The van der Waals surface area contributed by atoms with E-state index >= 15 is 0 Å². The summed E-state index contributed by atoms with van der Waals surface area (Å²) in [6.07, 6.45) is 3.92. The van der Waals surface area contributed by atoms with Gasteiger partial charge in [0.15, 0.2) is 0 Å². The van der Waals surface area contributed by atoms with Gasteiger partial charge in [-0.1, -0.05) is 47.1 Å². The summed E-state index contributed by atoms with van der Waals surface area (Å²) in [5.41, 5.74) is 3.39. The molecule has 2 heterocycles. The average Bonchev–Trinajstić information content (AvgIpc) is 3.31. The molecule has 3 aromatic rings. The smallest absolute Gasteiger partial charge is 0.241 e. The van der Waals surface area contributed by atoms with E-state index in [9.17, 15) is 4.79 Å². The number of nitrogens with one attached hydrogen (secondary N) is 1. The van der Waals surface area contributed by atoms with Gasteiger partial charge in [0, 0.05) is 18.7 Å². The number of aryl methyl sites for hydroxylation is 2. The van der Waals surface area contributed by atoms with Crippen molar-refractivity contribution in [1.82, 2.24) is 20.4 Å². The standard InChI is InChI=1S/C28H36N4O3/c1-20(2)34-25-14-10-22(11-15-25)6-4-16-29-28(33)24-7-5-17-32(18-24)19-26-30-27(31-35-26)23-12-8-21(3)9-13-23/h8-15,20,24H,4-7,16-19H2,1-3H3,(H,29,33). The van der Waals surface area contributed by atoms with E-state index < -0.39 is 0 Å². The van der Waals surface area contributed by atoms with Gasteiger partial charge in [0.2, 0.25) is 17.6 Å². The normalized spacial score (nSPS) is 16.4. The van der Waals surface area contributed by atoms with Crippen LogP contribution in [-0.4, -0.2) is 46.7 Å². The molecule has 1 aliphatic rings. The molecule has 4 rings (SSSR count). The van der Waals surface area contributed by atoms with E-state index in [1.54, 1.807) is 0 Å². The number of hydrogen-bond acceptors (Lipinski definition) is 6. The highest BCUT2D eigenvalue weighted by molar-refractivity contribution is 5.78. The summed E-state index contributed by atoms with van der Waals surface area (Å²) < 4.78 is 11.2. The van der Waals surface area contributed by atoms with Crippen LogP contribution in [0.3, 0.4) is 0 Å². The molecule has 1 N–H and O–H groups in total. The van der Waals surface area contributed by atoms with E-state index in [1.807, 2.05) is 50.2 Å². The first-order chi connectivity index (χ1) is 17.0. The van der Waals surface area contributed by atoms with Gasteiger partial charge in [0.05, 0.1) is 18.6 Å². The molecular weight excluding hydrogens is 440 g/mol. The molecular formula is C28H36N4O3. The zero-order chi connectivity index (χ0) is 24.6. The van der Waals surface area contributed by atoms with E-state index in [2.05, 4.69) is 39.4 Å². The van der Waals surface area contributed by atoms with Crippen molar-refractivity contribution >= 4 is 5.91 Å². The molecule has 0 spiro atoms. The zero-order valence-corrected chi connectivity index (χ0v) is 21.0. The van der Waals surface area contributed by atoms with Crippen LogP contribution in [0, 0.1) is 12.8 Å². The quantitative estimate of drug-likeness (QED) is 0.424. The third-order valence-electron chi connectivity index (χ3n) is 6.25. The number of rotatable bonds is 10. The second-order valence-electron chi connectivity index (χ2n) is 9.66. The molecule has 7 heteroatoms. The number of amides is 1. The molecule has 1 fully saturated rings. The summed E-state index contributed by atoms with van der Waals surface area (Å²) in [7, 11) is 0. The molecule has 1 atom stereocenters. The lowest BCUT2D eigenvalue weighted by molar-refractivity contribution is -0.126. The summed E-state index contributed by atoms with van der Waals surface area (Å²) >= 11 is 0. The molecule has 1 amide bonds. The number of nitrogens with zero attached hydrogens (tertiary/aromatic N) is 3. The number of carbonyl (C=O) groups excluding carboxylic acids is 1. The SMILES string of the molecule is Cc1ccc(-c2noc(CN3CCCC(C(=O)NCCCc4ccc(OC(C)C)cc4)C3)n2)cc1. The van der Waals surface area contributed by atoms with Crippen molar-refractivity contribution in [3.63, 3.8) is 0 Å². The second kappa shape index (κ2) is 12.0. The fourth-order valence-corrected chi connectivity index (χ4v) is 4.40. The van der Waals surface area contributed by atoms with Crippen molar-refractivity contribution in [3.8, 4) is 17.1 Å². The van der Waals surface area contributed by atoms with Crippen LogP contribution in [0.4, 0.5) is 0 Å². The Morgan fingerprint density at radius 1 is 1.17 bits per heavy atom. The number of aromatic nitrogens is 2. The third kappa shape index (κ3) is 7.39. The van der Waals surface area contributed by atoms with Gasteiger partial charge >= 0.3 is 0 Å². The van der Waals surface area contributed by atoms with E-state index in [1.165, 1.54) is 11.1 Å². The Morgan fingerprint density at radius 3 is 2.69 bits per heavy atom. The number of hydrogen-bond donors (Lipinski definition) is 1. The van der Waals surface area contributed by atoms with Crippen LogP contribution in [0.25, 0.3) is 11.4 Å². The van der Waals surface area contributed by atoms with Crippen molar-refractivity contribution in [2.45, 2.75) is 59.1 Å². The molecule has 7 nitrogen and oxygen atoms in total. The molecule has 0 bridgehead atoms. The Morgan fingerprint density at radius 2 is 1.94 bits per heavy atom. The van der Waals surface area contributed by atoms with Gasteiger partial charge in [0.1, 0.15) is 5.75 Å². The molecule has 186 valence electrons. The van der Waals surface area contributed by atoms with Gasteiger partial charge in [-0.15, -0.1) is 0 Å². The third-order valence-corrected chi connectivity index (χ3v) is 6.25. The fourth-order valence-electron chi connectivity index (χ4n) is 4.40. The van der Waals surface area contributed by atoms with Crippen molar-refractivity contribution in [2.75, 3.05) is 19.6 Å².